The van der Waals surface area contributed by atoms with Crippen molar-refractivity contribution in [3.8, 4) is 0 Å². The van der Waals surface area contributed by atoms with Crippen molar-refractivity contribution in [1.29, 1.82) is 0 Å². The normalized spacial score (nSPS) is 11.5. The van der Waals surface area contributed by atoms with E-state index in [4.69, 9.17) is 22.5 Å². The number of hydrogen-bond acceptors (Lipinski definition) is 3. The van der Waals surface area contributed by atoms with E-state index in [0.29, 0.717) is 22.8 Å². The number of nitrogens with zero attached hydrogens (tertiary/aromatic N) is 2. The van der Waals surface area contributed by atoms with Crippen molar-refractivity contribution < 1.29 is 9.60 Å². The van der Waals surface area contributed by atoms with E-state index in [1.807, 2.05) is 18.0 Å². The SMILES string of the molecule is CN(Cc1cccc(F)c1)c1cc(Cl)ccc1C(N)=NO. The van der Waals surface area contributed by atoms with Crippen LogP contribution in [0.15, 0.2) is 47.6 Å². The first-order chi connectivity index (χ1) is 10.0. The average molecular weight is 308 g/mol. The smallest absolute Gasteiger partial charge is 0.172 e. The number of rotatable bonds is 4. The molecule has 0 aromatic heterocycles. The molecule has 0 amide bonds. The molecule has 0 atom stereocenters. The Bertz CT molecular complexity index is 676. The van der Waals surface area contributed by atoms with Crippen LogP contribution in [0.1, 0.15) is 11.1 Å². The minimum Gasteiger partial charge on any atom is -0.409 e. The highest BCUT2D eigenvalue weighted by Crippen LogP contribution is 2.25. The van der Waals surface area contributed by atoms with Crippen molar-refractivity contribution in [2.75, 3.05) is 11.9 Å². The highest BCUT2D eigenvalue weighted by molar-refractivity contribution is 6.31. The third-order valence-corrected chi connectivity index (χ3v) is 3.30. The molecular formula is C15H15ClFN3O. The second-order valence-corrected chi connectivity index (χ2v) is 5.07. The van der Waals surface area contributed by atoms with Crippen molar-refractivity contribution in [3.63, 3.8) is 0 Å². The molecule has 0 aliphatic rings. The van der Waals surface area contributed by atoms with Gasteiger partial charge in [-0.1, -0.05) is 28.9 Å². The van der Waals surface area contributed by atoms with Gasteiger partial charge in [-0.25, -0.2) is 4.39 Å². The maximum absolute atomic E-state index is 13.2. The van der Waals surface area contributed by atoms with E-state index in [2.05, 4.69) is 5.16 Å². The standard InChI is InChI=1S/C15H15ClFN3O/c1-20(9-10-3-2-4-12(17)7-10)14-8-11(16)5-6-13(14)15(18)19-21/h2-8,21H,9H2,1H3,(H2,18,19). The summed E-state index contributed by atoms with van der Waals surface area (Å²) in [6.45, 7) is 0.462. The van der Waals surface area contributed by atoms with Crippen LogP contribution in [0.4, 0.5) is 10.1 Å². The maximum Gasteiger partial charge on any atom is 0.172 e. The maximum atomic E-state index is 13.2. The van der Waals surface area contributed by atoms with E-state index in [0.717, 1.165) is 5.56 Å². The molecular weight excluding hydrogens is 293 g/mol. The lowest BCUT2D eigenvalue weighted by Crippen LogP contribution is -2.22. The molecule has 0 spiro atoms. The van der Waals surface area contributed by atoms with Crippen LogP contribution in [0.2, 0.25) is 5.02 Å². The van der Waals surface area contributed by atoms with Gasteiger partial charge in [0.15, 0.2) is 5.84 Å². The number of amidine groups is 1. The first-order valence-corrected chi connectivity index (χ1v) is 6.62. The number of nitrogens with two attached hydrogens (primary N) is 1. The van der Waals surface area contributed by atoms with Crippen LogP contribution in [0.3, 0.4) is 0 Å². The van der Waals surface area contributed by atoms with Crippen LogP contribution in [0.5, 0.6) is 0 Å². The van der Waals surface area contributed by atoms with Gasteiger partial charge in [0.2, 0.25) is 0 Å². The van der Waals surface area contributed by atoms with Gasteiger partial charge in [0.1, 0.15) is 5.82 Å². The molecule has 4 nitrogen and oxygen atoms in total. The fraction of sp³-hybridized carbons (Fsp3) is 0.133. The van der Waals surface area contributed by atoms with Crippen molar-refractivity contribution in [2.24, 2.45) is 10.9 Å². The Morgan fingerprint density at radius 3 is 2.76 bits per heavy atom. The van der Waals surface area contributed by atoms with Crippen LogP contribution in [-0.4, -0.2) is 18.1 Å². The number of hydrogen-bond donors (Lipinski definition) is 2. The lowest BCUT2D eigenvalue weighted by molar-refractivity contribution is 0.318. The van der Waals surface area contributed by atoms with E-state index < -0.39 is 0 Å². The van der Waals surface area contributed by atoms with Crippen LogP contribution in [0.25, 0.3) is 0 Å². The largest absolute Gasteiger partial charge is 0.409 e. The molecule has 0 aliphatic heterocycles. The summed E-state index contributed by atoms with van der Waals surface area (Å²) in [7, 11) is 1.82. The molecule has 0 aliphatic carbocycles. The van der Waals surface area contributed by atoms with Gasteiger partial charge in [-0.2, -0.15) is 0 Å². The van der Waals surface area contributed by atoms with Crippen LogP contribution >= 0.6 is 11.6 Å². The molecule has 0 fully saturated rings. The monoisotopic (exact) mass is 307 g/mol. The summed E-state index contributed by atoms with van der Waals surface area (Å²) in [6.07, 6.45) is 0. The second kappa shape index (κ2) is 6.45. The third-order valence-electron chi connectivity index (χ3n) is 3.06. The summed E-state index contributed by atoms with van der Waals surface area (Å²) in [5, 5.41) is 12.4. The lowest BCUT2D eigenvalue weighted by atomic mass is 10.1. The van der Waals surface area contributed by atoms with Gasteiger partial charge >= 0.3 is 0 Å². The Balaban J connectivity index is 2.34. The first-order valence-electron chi connectivity index (χ1n) is 6.24. The minimum atomic E-state index is -0.288. The Hall–Kier alpha value is -2.27. The minimum absolute atomic E-state index is 0.00670. The molecule has 110 valence electrons. The zero-order chi connectivity index (χ0) is 15.4. The highest BCUT2D eigenvalue weighted by atomic mass is 35.5. The molecule has 0 unspecified atom stereocenters. The Morgan fingerprint density at radius 2 is 2.10 bits per heavy atom. The molecule has 0 radical (unpaired) electrons. The summed E-state index contributed by atoms with van der Waals surface area (Å²) in [5.41, 5.74) is 7.73. The second-order valence-electron chi connectivity index (χ2n) is 4.63. The van der Waals surface area contributed by atoms with Gasteiger partial charge in [0.05, 0.1) is 0 Å². The molecule has 3 N–H and O–H groups in total. The summed E-state index contributed by atoms with van der Waals surface area (Å²) in [5.74, 6) is -0.295. The summed E-state index contributed by atoms with van der Waals surface area (Å²) < 4.78 is 13.2. The quantitative estimate of drug-likeness (QED) is 0.394. The predicted molar refractivity (Wildman–Crippen MR) is 82.5 cm³/mol. The summed E-state index contributed by atoms with van der Waals surface area (Å²) >= 11 is 6.01. The van der Waals surface area contributed by atoms with Gasteiger partial charge < -0.3 is 15.8 Å². The van der Waals surface area contributed by atoms with Crippen molar-refractivity contribution in [2.45, 2.75) is 6.54 Å². The predicted octanol–water partition coefficient (Wildman–Crippen LogP) is 3.21. The van der Waals surface area contributed by atoms with E-state index >= 15 is 0 Å². The lowest BCUT2D eigenvalue weighted by Gasteiger charge is -2.22. The van der Waals surface area contributed by atoms with Gasteiger partial charge in [0.25, 0.3) is 0 Å². The fourth-order valence-corrected chi connectivity index (χ4v) is 2.25. The van der Waals surface area contributed by atoms with Crippen molar-refractivity contribution in [3.05, 3.63) is 64.4 Å². The Kier molecular flexibility index (Phi) is 4.65. The topological polar surface area (TPSA) is 61.8 Å². The zero-order valence-electron chi connectivity index (χ0n) is 11.4. The van der Waals surface area contributed by atoms with Gasteiger partial charge in [0, 0.05) is 29.9 Å². The van der Waals surface area contributed by atoms with Crippen molar-refractivity contribution >= 4 is 23.1 Å². The molecule has 0 heterocycles. The molecule has 0 bridgehead atoms. The third kappa shape index (κ3) is 3.64. The van der Waals surface area contributed by atoms with E-state index in [1.165, 1.54) is 12.1 Å². The number of halogens is 2. The van der Waals surface area contributed by atoms with Crippen LogP contribution in [-0.2, 0) is 6.54 Å². The number of oxime groups is 1. The molecule has 2 rings (SSSR count). The van der Waals surface area contributed by atoms with Gasteiger partial charge in [-0.3, -0.25) is 0 Å². The van der Waals surface area contributed by atoms with Crippen LogP contribution in [0, 0.1) is 5.82 Å². The zero-order valence-corrected chi connectivity index (χ0v) is 12.2. The number of benzene rings is 2. The summed E-state index contributed by atoms with van der Waals surface area (Å²) in [4.78, 5) is 1.86. The number of anilines is 1. The van der Waals surface area contributed by atoms with Crippen LogP contribution < -0.4 is 10.6 Å². The first kappa shape index (κ1) is 15.1. The molecule has 0 saturated heterocycles. The van der Waals surface area contributed by atoms with Gasteiger partial charge in [-0.15, -0.1) is 0 Å². The fourth-order valence-electron chi connectivity index (χ4n) is 2.09. The van der Waals surface area contributed by atoms with Crippen molar-refractivity contribution in [1.82, 2.24) is 0 Å². The molecule has 21 heavy (non-hydrogen) atoms. The Labute approximate surface area is 127 Å². The van der Waals surface area contributed by atoms with E-state index in [1.54, 1.807) is 24.3 Å². The van der Waals surface area contributed by atoms with Gasteiger partial charge in [-0.05, 0) is 35.9 Å². The average Bonchev–Trinajstić information content (AvgIpc) is 2.46. The molecule has 2 aromatic rings. The van der Waals surface area contributed by atoms with E-state index in [-0.39, 0.29) is 11.7 Å². The molecule has 6 heteroatoms. The Morgan fingerprint density at radius 1 is 1.33 bits per heavy atom. The van der Waals surface area contributed by atoms with E-state index in [9.17, 15) is 4.39 Å². The molecule has 2 aromatic carbocycles. The molecule has 0 saturated carbocycles. The highest BCUT2D eigenvalue weighted by Gasteiger charge is 2.12. The summed E-state index contributed by atoms with van der Waals surface area (Å²) in [6, 6.07) is 11.4.